The van der Waals surface area contributed by atoms with Crippen LogP contribution in [0.2, 0.25) is 0 Å². The molecule has 0 fully saturated rings. The molecule has 0 unspecified atom stereocenters. The molecule has 0 nitrogen and oxygen atoms in total. The van der Waals surface area contributed by atoms with Crippen molar-refractivity contribution in [3.05, 3.63) is 32.9 Å². The van der Waals surface area contributed by atoms with E-state index < -0.39 is 6.68 Å². The van der Waals surface area contributed by atoms with Gasteiger partial charge in [0, 0.05) is 3.57 Å². The van der Waals surface area contributed by atoms with Crippen molar-refractivity contribution < 1.29 is 13.2 Å². The highest BCUT2D eigenvalue weighted by molar-refractivity contribution is 14.1. The van der Waals surface area contributed by atoms with Crippen molar-refractivity contribution in [3.8, 4) is 0 Å². The zero-order valence-electron chi connectivity index (χ0n) is 7.32. The van der Waals surface area contributed by atoms with Gasteiger partial charge in [-0.3, -0.25) is 0 Å². The molecule has 0 aliphatic rings. The Balaban J connectivity index is 0.000000310. The topological polar surface area (TPSA) is 0 Å². The zero-order chi connectivity index (χ0) is 10.4. The molecule has 1 rings (SSSR count). The van der Waals surface area contributed by atoms with Crippen LogP contribution >= 0.6 is 22.6 Å². The van der Waals surface area contributed by atoms with Crippen molar-refractivity contribution in [2.24, 2.45) is 0 Å². The summed E-state index contributed by atoms with van der Waals surface area (Å²) in [4.78, 5) is 0. The molecule has 0 saturated carbocycles. The van der Waals surface area contributed by atoms with Crippen LogP contribution < -0.4 is 0 Å². The second-order valence-corrected chi connectivity index (χ2v) is 3.66. The molecular formula is C9H10F3I. The molecule has 74 valence electrons. The maximum Gasteiger partial charge on any atom is 0.379 e. The monoisotopic (exact) mass is 302 g/mol. The van der Waals surface area contributed by atoms with Gasteiger partial charge in [-0.2, -0.15) is 13.2 Å². The number of hydrogen-bond acceptors (Lipinski definition) is 0. The molecule has 1 aromatic rings. The van der Waals surface area contributed by atoms with Crippen LogP contribution in [0.5, 0.6) is 0 Å². The fourth-order valence-corrected chi connectivity index (χ4v) is 1.37. The Morgan fingerprint density at radius 1 is 1.15 bits per heavy atom. The number of halogens is 4. The lowest BCUT2D eigenvalue weighted by Crippen LogP contribution is -1.79. The second kappa shape index (κ2) is 6.23. The first kappa shape index (κ1) is 12.7. The van der Waals surface area contributed by atoms with Crippen LogP contribution in [-0.4, -0.2) is 6.68 Å². The number of hydrogen-bond donors (Lipinski definition) is 0. The highest BCUT2D eigenvalue weighted by atomic mass is 127. The number of benzene rings is 1. The van der Waals surface area contributed by atoms with Crippen molar-refractivity contribution in [1.29, 1.82) is 0 Å². The fraction of sp³-hybridized carbons (Fsp3) is 0.333. The summed E-state index contributed by atoms with van der Waals surface area (Å²) in [5.74, 6) is 0. The standard InChI is InChI=1S/C8H9I.CHF3/c1-6-3-4-7(2)8(9)5-6;2-1(3)4/h3-5H,1-2H3;1H. The van der Waals surface area contributed by atoms with Crippen molar-refractivity contribution >= 4 is 22.6 Å². The van der Waals surface area contributed by atoms with E-state index in [1.165, 1.54) is 14.7 Å². The van der Waals surface area contributed by atoms with Gasteiger partial charge in [0.2, 0.25) is 0 Å². The molecule has 0 amide bonds. The summed E-state index contributed by atoms with van der Waals surface area (Å²) in [5.41, 5.74) is 2.70. The molecule has 0 atom stereocenters. The Bertz CT molecular complexity index is 258. The minimum absolute atomic E-state index is 1.34. The summed E-state index contributed by atoms with van der Waals surface area (Å²) < 4.78 is 30.4. The van der Waals surface area contributed by atoms with E-state index in [0.717, 1.165) is 0 Å². The Labute approximate surface area is 89.3 Å². The highest BCUT2D eigenvalue weighted by Gasteiger charge is 1.90. The summed E-state index contributed by atoms with van der Waals surface area (Å²) >= 11 is 2.35. The van der Waals surface area contributed by atoms with Gasteiger partial charge < -0.3 is 0 Å². The molecule has 0 aliphatic carbocycles. The van der Waals surface area contributed by atoms with Gasteiger partial charge in [0.15, 0.2) is 0 Å². The maximum atomic E-state index is 9.67. The lowest BCUT2D eigenvalue weighted by atomic mass is 10.2. The Morgan fingerprint density at radius 2 is 1.62 bits per heavy atom. The third-order valence-electron chi connectivity index (χ3n) is 1.33. The largest absolute Gasteiger partial charge is 0.379 e. The van der Waals surface area contributed by atoms with Gasteiger partial charge in [-0.25, -0.2) is 0 Å². The molecule has 1 aromatic carbocycles. The minimum Gasteiger partial charge on any atom is -0.174 e. The van der Waals surface area contributed by atoms with Gasteiger partial charge in [-0.1, -0.05) is 17.7 Å². The summed E-state index contributed by atoms with van der Waals surface area (Å²) in [5, 5.41) is 0. The van der Waals surface area contributed by atoms with Gasteiger partial charge in [-0.15, -0.1) is 0 Å². The Morgan fingerprint density at radius 3 is 1.92 bits per heavy atom. The van der Waals surface area contributed by atoms with E-state index in [-0.39, 0.29) is 0 Å². The average molecular weight is 302 g/mol. The van der Waals surface area contributed by atoms with Crippen LogP contribution in [0, 0.1) is 17.4 Å². The maximum absolute atomic E-state index is 9.67. The van der Waals surface area contributed by atoms with E-state index in [0.29, 0.717) is 0 Å². The Kier molecular flexibility index (Phi) is 6.11. The molecule has 0 spiro atoms. The second-order valence-electron chi connectivity index (χ2n) is 2.50. The Hall–Kier alpha value is -0.260. The van der Waals surface area contributed by atoms with Gasteiger partial charge in [-0.05, 0) is 48.1 Å². The molecule has 4 heteroatoms. The molecule has 0 heterocycles. The normalized spacial score (nSPS) is 9.46. The molecule has 0 bridgehead atoms. The van der Waals surface area contributed by atoms with Crippen molar-refractivity contribution in [2.45, 2.75) is 20.5 Å². The minimum atomic E-state index is -3.67. The van der Waals surface area contributed by atoms with Crippen molar-refractivity contribution in [2.75, 3.05) is 0 Å². The molecular weight excluding hydrogens is 292 g/mol. The van der Waals surface area contributed by atoms with E-state index in [2.05, 4.69) is 54.6 Å². The van der Waals surface area contributed by atoms with Crippen LogP contribution in [-0.2, 0) is 0 Å². The highest BCUT2D eigenvalue weighted by Crippen LogP contribution is 2.11. The number of alkyl halides is 3. The molecule has 0 saturated heterocycles. The van der Waals surface area contributed by atoms with Gasteiger partial charge >= 0.3 is 6.68 Å². The smallest absolute Gasteiger partial charge is 0.174 e. The van der Waals surface area contributed by atoms with Crippen LogP contribution in [0.3, 0.4) is 0 Å². The summed E-state index contributed by atoms with van der Waals surface area (Å²) in [6.07, 6.45) is 0. The first-order valence-electron chi connectivity index (χ1n) is 3.58. The molecule has 13 heavy (non-hydrogen) atoms. The third-order valence-corrected chi connectivity index (χ3v) is 2.49. The molecule has 0 aromatic heterocycles. The van der Waals surface area contributed by atoms with Gasteiger partial charge in [0.1, 0.15) is 0 Å². The summed E-state index contributed by atoms with van der Waals surface area (Å²) in [6.45, 7) is 0.572. The van der Waals surface area contributed by atoms with Gasteiger partial charge in [0.05, 0.1) is 0 Å². The number of rotatable bonds is 0. The predicted molar refractivity (Wildman–Crippen MR) is 55.7 cm³/mol. The lowest BCUT2D eigenvalue weighted by molar-refractivity contribution is 0.00819. The first-order chi connectivity index (χ1) is 5.93. The molecule has 0 N–H and O–H groups in total. The van der Waals surface area contributed by atoms with Crippen LogP contribution in [0.1, 0.15) is 11.1 Å². The molecule has 0 aliphatic heterocycles. The third kappa shape index (κ3) is 6.86. The zero-order valence-corrected chi connectivity index (χ0v) is 9.48. The van der Waals surface area contributed by atoms with E-state index in [4.69, 9.17) is 0 Å². The number of aryl methyl sites for hydroxylation is 2. The summed E-state index contributed by atoms with van der Waals surface area (Å²) in [6, 6.07) is 6.48. The van der Waals surface area contributed by atoms with Crippen LogP contribution in [0.25, 0.3) is 0 Å². The van der Waals surface area contributed by atoms with Crippen LogP contribution in [0.15, 0.2) is 18.2 Å². The van der Waals surface area contributed by atoms with E-state index in [1.54, 1.807) is 0 Å². The van der Waals surface area contributed by atoms with E-state index >= 15 is 0 Å². The van der Waals surface area contributed by atoms with Crippen molar-refractivity contribution in [3.63, 3.8) is 0 Å². The molecule has 0 radical (unpaired) electrons. The summed E-state index contributed by atoms with van der Waals surface area (Å²) in [7, 11) is 0. The van der Waals surface area contributed by atoms with Crippen LogP contribution in [0.4, 0.5) is 13.2 Å². The predicted octanol–water partition coefficient (Wildman–Crippen LogP) is 4.09. The lowest BCUT2D eigenvalue weighted by Gasteiger charge is -1.96. The van der Waals surface area contributed by atoms with Gasteiger partial charge in [0.25, 0.3) is 0 Å². The van der Waals surface area contributed by atoms with E-state index in [9.17, 15) is 13.2 Å². The van der Waals surface area contributed by atoms with Crippen molar-refractivity contribution in [1.82, 2.24) is 0 Å². The SMILES string of the molecule is Cc1ccc(C)c(I)c1.FC(F)F. The fourth-order valence-electron chi connectivity index (χ4n) is 0.698. The van der Waals surface area contributed by atoms with E-state index in [1.807, 2.05) is 0 Å². The first-order valence-corrected chi connectivity index (χ1v) is 4.66. The quantitative estimate of drug-likeness (QED) is 0.633. The average Bonchev–Trinajstić information content (AvgIpc) is 1.96.